The zero-order chi connectivity index (χ0) is 22.0. The van der Waals surface area contributed by atoms with Crippen LogP contribution in [0.15, 0.2) is 53.1 Å². The number of fused-ring (bicyclic) bond motifs is 1. The van der Waals surface area contributed by atoms with Gasteiger partial charge in [-0.1, -0.05) is 41.1 Å². The molecule has 31 heavy (non-hydrogen) atoms. The maximum absolute atomic E-state index is 12.7. The van der Waals surface area contributed by atoms with E-state index < -0.39 is 22.0 Å². The average molecular weight is 442 g/mol. The molecule has 1 unspecified atom stereocenters. The second-order valence-corrected chi connectivity index (χ2v) is 9.29. The van der Waals surface area contributed by atoms with E-state index >= 15 is 0 Å². The highest BCUT2D eigenvalue weighted by atomic mass is 32.2. The standard InChI is InChI=1S/C21H22N4O5S/c1-3-31(27,28)25-13-18(29-17-10-5-4-9-16(17)25)21(26)22-12-19-23-20(24-30-19)15-8-6-7-14(2)11-15/h4-11,18H,3,12-13H2,1-2H3,(H,22,26). The Kier molecular flexibility index (Phi) is 5.64. The number of carbonyl (C=O) groups is 1. The molecule has 0 bridgehead atoms. The van der Waals surface area contributed by atoms with Crippen molar-refractivity contribution in [2.24, 2.45) is 0 Å². The van der Waals surface area contributed by atoms with Gasteiger partial charge in [-0.2, -0.15) is 4.98 Å². The van der Waals surface area contributed by atoms with Gasteiger partial charge in [0.15, 0.2) is 6.10 Å². The summed E-state index contributed by atoms with van der Waals surface area (Å²) in [4.78, 5) is 17.0. The Balaban J connectivity index is 1.46. The molecule has 2 heterocycles. The van der Waals surface area contributed by atoms with Crippen LogP contribution in [0.4, 0.5) is 5.69 Å². The predicted octanol–water partition coefficient (Wildman–Crippen LogP) is 2.28. The minimum Gasteiger partial charge on any atom is -0.476 e. The molecular formula is C21H22N4O5S. The SMILES string of the molecule is CCS(=O)(=O)N1CC(C(=O)NCc2nc(-c3cccc(C)c3)no2)Oc2ccccc21. The second kappa shape index (κ2) is 8.38. The molecule has 1 aliphatic rings. The van der Waals surface area contributed by atoms with Crippen LogP contribution >= 0.6 is 0 Å². The van der Waals surface area contributed by atoms with Gasteiger partial charge >= 0.3 is 0 Å². The van der Waals surface area contributed by atoms with Crippen LogP contribution in [0.3, 0.4) is 0 Å². The summed E-state index contributed by atoms with van der Waals surface area (Å²) in [7, 11) is -3.57. The zero-order valence-corrected chi connectivity index (χ0v) is 17.9. The highest BCUT2D eigenvalue weighted by Gasteiger charge is 2.35. The molecule has 162 valence electrons. The van der Waals surface area contributed by atoms with Crippen LogP contribution in [0, 0.1) is 6.92 Å². The predicted molar refractivity (Wildman–Crippen MR) is 114 cm³/mol. The van der Waals surface area contributed by atoms with E-state index in [2.05, 4.69) is 15.5 Å². The Morgan fingerprint density at radius 2 is 2.03 bits per heavy atom. The Morgan fingerprint density at radius 1 is 1.23 bits per heavy atom. The normalized spacial score (nSPS) is 15.8. The van der Waals surface area contributed by atoms with Gasteiger partial charge in [-0.25, -0.2) is 8.42 Å². The van der Waals surface area contributed by atoms with Gasteiger partial charge in [-0.05, 0) is 32.0 Å². The lowest BCUT2D eigenvalue weighted by Gasteiger charge is -2.34. The van der Waals surface area contributed by atoms with Crippen molar-refractivity contribution in [3.05, 3.63) is 60.0 Å². The molecule has 1 aromatic heterocycles. The third-order valence-corrected chi connectivity index (χ3v) is 6.63. The van der Waals surface area contributed by atoms with E-state index in [1.54, 1.807) is 31.2 Å². The monoisotopic (exact) mass is 442 g/mol. The number of sulfonamides is 1. The van der Waals surface area contributed by atoms with Gasteiger partial charge in [0.05, 0.1) is 24.5 Å². The fraction of sp³-hybridized carbons (Fsp3) is 0.286. The first kappa shape index (κ1) is 20.9. The number of carbonyl (C=O) groups excluding carboxylic acids is 1. The zero-order valence-electron chi connectivity index (χ0n) is 17.1. The Morgan fingerprint density at radius 3 is 2.81 bits per heavy atom. The number of hydrogen-bond acceptors (Lipinski definition) is 7. The average Bonchev–Trinajstić information content (AvgIpc) is 3.26. The first-order valence-corrected chi connectivity index (χ1v) is 11.4. The van der Waals surface area contributed by atoms with Crippen molar-refractivity contribution in [2.45, 2.75) is 26.5 Å². The van der Waals surface area contributed by atoms with E-state index in [1.165, 1.54) is 4.31 Å². The third kappa shape index (κ3) is 4.38. The number of aryl methyl sites for hydroxylation is 1. The lowest BCUT2D eigenvalue weighted by molar-refractivity contribution is -0.128. The van der Waals surface area contributed by atoms with Crippen molar-refractivity contribution in [1.29, 1.82) is 0 Å². The Bertz CT molecular complexity index is 1210. The van der Waals surface area contributed by atoms with Crippen molar-refractivity contribution >= 4 is 21.6 Å². The number of anilines is 1. The van der Waals surface area contributed by atoms with E-state index in [9.17, 15) is 13.2 Å². The maximum atomic E-state index is 12.7. The number of ether oxygens (including phenoxy) is 1. The quantitative estimate of drug-likeness (QED) is 0.623. The number of benzene rings is 2. The lowest BCUT2D eigenvalue weighted by Crippen LogP contribution is -2.50. The van der Waals surface area contributed by atoms with Gasteiger partial charge in [0, 0.05) is 5.56 Å². The summed E-state index contributed by atoms with van der Waals surface area (Å²) in [5.74, 6) is 0.445. The second-order valence-electron chi connectivity index (χ2n) is 7.10. The van der Waals surface area contributed by atoms with Crippen LogP contribution in [0.1, 0.15) is 18.4 Å². The first-order chi connectivity index (χ1) is 14.9. The molecule has 1 aliphatic heterocycles. The minimum atomic E-state index is -3.57. The highest BCUT2D eigenvalue weighted by molar-refractivity contribution is 7.92. The number of nitrogens with zero attached hydrogens (tertiary/aromatic N) is 3. The Labute approximate surface area is 180 Å². The summed E-state index contributed by atoms with van der Waals surface area (Å²) in [6, 6.07) is 14.4. The Hall–Kier alpha value is -3.40. The molecule has 9 nitrogen and oxygen atoms in total. The van der Waals surface area contributed by atoms with Crippen molar-refractivity contribution < 1.29 is 22.5 Å². The summed E-state index contributed by atoms with van der Waals surface area (Å²) in [6.45, 7) is 3.41. The molecule has 1 amide bonds. The summed E-state index contributed by atoms with van der Waals surface area (Å²) in [5.41, 5.74) is 2.31. The molecule has 3 aromatic rings. The number of aromatic nitrogens is 2. The highest BCUT2D eigenvalue weighted by Crippen LogP contribution is 2.35. The molecule has 1 atom stereocenters. The van der Waals surface area contributed by atoms with E-state index in [1.807, 2.05) is 31.2 Å². The van der Waals surface area contributed by atoms with Crippen LogP contribution in [0.5, 0.6) is 5.75 Å². The van der Waals surface area contributed by atoms with Gasteiger partial charge in [-0.3, -0.25) is 9.10 Å². The van der Waals surface area contributed by atoms with Crippen LogP contribution in [-0.4, -0.2) is 42.9 Å². The molecule has 0 aliphatic carbocycles. The molecule has 0 spiro atoms. The summed E-state index contributed by atoms with van der Waals surface area (Å²) in [6.07, 6.45) is -1.00. The molecule has 0 saturated carbocycles. The maximum Gasteiger partial charge on any atom is 0.263 e. The minimum absolute atomic E-state index is 0.000314. The van der Waals surface area contributed by atoms with Gasteiger partial charge in [0.25, 0.3) is 5.91 Å². The molecule has 0 saturated heterocycles. The lowest BCUT2D eigenvalue weighted by atomic mass is 10.1. The number of nitrogens with one attached hydrogen (secondary N) is 1. The van der Waals surface area contributed by atoms with Crippen LogP contribution in [-0.2, 0) is 21.4 Å². The topological polar surface area (TPSA) is 115 Å². The number of para-hydroxylation sites is 2. The fourth-order valence-electron chi connectivity index (χ4n) is 3.26. The van der Waals surface area contributed by atoms with Crippen LogP contribution in [0.2, 0.25) is 0 Å². The number of rotatable bonds is 6. The van der Waals surface area contributed by atoms with Crippen LogP contribution in [0.25, 0.3) is 11.4 Å². The molecule has 1 N–H and O–H groups in total. The van der Waals surface area contributed by atoms with Crippen LogP contribution < -0.4 is 14.4 Å². The van der Waals surface area contributed by atoms with Gasteiger partial charge in [0.2, 0.25) is 21.7 Å². The van der Waals surface area contributed by atoms with Crippen molar-refractivity contribution in [1.82, 2.24) is 15.5 Å². The van der Waals surface area contributed by atoms with Gasteiger partial charge < -0.3 is 14.6 Å². The molecule has 2 aromatic carbocycles. The fourth-order valence-corrected chi connectivity index (χ4v) is 4.39. The molecule has 0 fully saturated rings. The van der Waals surface area contributed by atoms with Gasteiger partial charge in [0.1, 0.15) is 5.75 Å². The largest absolute Gasteiger partial charge is 0.476 e. The van der Waals surface area contributed by atoms with Gasteiger partial charge in [-0.15, -0.1) is 0 Å². The molecule has 4 rings (SSSR count). The number of amides is 1. The van der Waals surface area contributed by atoms with Crippen molar-refractivity contribution in [2.75, 3.05) is 16.6 Å². The summed E-state index contributed by atoms with van der Waals surface area (Å²) in [5, 5.41) is 6.63. The third-order valence-electron chi connectivity index (χ3n) is 4.89. The molecular weight excluding hydrogens is 420 g/mol. The molecule has 0 radical (unpaired) electrons. The number of hydrogen-bond donors (Lipinski definition) is 1. The first-order valence-electron chi connectivity index (χ1n) is 9.81. The summed E-state index contributed by atoms with van der Waals surface area (Å²) >= 11 is 0. The van der Waals surface area contributed by atoms with Crippen molar-refractivity contribution in [3.8, 4) is 17.1 Å². The smallest absolute Gasteiger partial charge is 0.263 e. The van der Waals surface area contributed by atoms with E-state index in [4.69, 9.17) is 9.26 Å². The summed E-state index contributed by atoms with van der Waals surface area (Å²) < 4.78 is 37.3. The molecule has 10 heteroatoms. The van der Waals surface area contributed by atoms with E-state index in [-0.39, 0.29) is 24.7 Å². The van der Waals surface area contributed by atoms with E-state index in [0.717, 1.165) is 11.1 Å². The van der Waals surface area contributed by atoms with Crippen molar-refractivity contribution in [3.63, 3.8) is 0 Å². The van der Waals surface area contributed by atoms with E-state index in [0.29, 0.717) is 17.3 Å².